The highest BCUT2D eigenvalue weighted by atomic mass is 32.5. The van der Waals surface area contributed by atoms with Gasteiger partial charge in [-0.2, -0.15) is 0 Å². The van der Waals surface area contributed by atoms with E-state index in [1.807, 2.05) is 0 Å². The average molecular weight is 182 g/mol. The van der Waals surface area contributed by atoms with Crippen LogP contribution in [0.4, 0.5) is 19.4 Å². The van der Waals surface area contributed by atoms with Crippen LogP contribution in [0.3, 0.4) is 0 Å². The molecule has 0 heterocycles. The van der Waals surface area contributed by atoms with E-state index in [2.05, 4.69) is 0 Å². The molecule has 0 bridgehead atoms. The molecular weight excluding hydrogens is 179 g/mol. The summed E-state index contributed by atoms with van der Waals surface area (Å²) in [5.41, 5.74) is 0. The van der Waals surface area contributed by atoms with Crippen LogP contribution in [-0.4, -0.2) is 6.29 Å². The molecule has 62 valence electrons. The Balaban J connectivity index is 4.75. The zero-order chi connectivity index (χ0) is 8.53. The van der Waals surface area contributed by atoms with Crippen LogP contribution in [-0.2, 0) is 4.79 Å². The van der Waals surface area contributed by atoms with Crippen LogP contribution in [0.15, 0.2) is 11.5 Å². The number of allylic oxidation sites excluding steroid dienone is 1. The van der Waals surface area contributed by atoms with Crippen LogP contribution in [0, 0.1) is 0 Å². The van der Waals surface area contributed by atoms with E-state index in [0.717, 1.165) is 0 Å². The van der Waals surface area contributed by atoms with Crippen molar-refractivity contribution in [2.45, 2.75) is 0 Å². The number of halogens is 5. The fourth-order valence-electron chi connectivity index (χ4n) is 0.181. The van der Waals surface area contributed by atoms with Gasteiger partial charge in [0.2, 0.25) is 0 Å². The maximum absolute atomic E-state index is 11.2. The summed E-state index contributed by atoms with van der Waals surface area (Å²) in [5.74, 6) is 0. The van der Waals surface area contributed by atoms with Crippen LogP contribution in [0.25, 0.3) is 0 Å². The van der Waals surface area contributed by atoms with Crippen molar-refractivity contribution in [2.75, 3.05) is 0 Å². The van der Waals surface area contributed by atoms with Crippen molar-refractivity contribution in [2.24, 2.45) is 0 Å². The Morgan fingerprint density at radius 1 is 1.00 bits per heavy atom. The number of hydrogen-bond acceptors (Lipinski definition) is 1. The highest BCUT2D eigenvalue weighted by Gasteiger charge is 2.60. The average Bonchev–Trinajstić information content (AvgIpc) is 1.55. The van der Waals surface area contributed by atoms with E-state index in [0.29, 0.717) is 0 Å². The predicted molar refractivity (Wildman–Crippen MR) is 28.3 cm³/mol. The van der Waals surface area contributed by atoms with Gasteiger partial charge in [0.15, 0.2) is 0 Å². The van der Waals surface area contributed by atoms with Crippen LogP contribution in [0.2, 0.25) is 0 Å². The molecule has 0 atom stereocenters. The lowest BCUT2D eigenvalue weighted by Gasteiger charge is -2.36. The van der Waals surface area contributed by atoms with Gasteiger partial charge in [-0.05, 0) is 6.08 Å². The van der Waals surface area contributed by atoms with Gasteiger partial charge in [-0.1, -0.05) is 19.4 Å². The first kappa shape index (κ1) is 9.41. The van der Waals surface area contributed by atoms with Gasteiger partial charge in [0.25, 0.3) is 0 Å². The molecule has 1 nitrogen and oxygen atoms in total. The van der Waals surface area contributed by atoms with E-state index in [-0.39, 0.29) is 12.4 Å². The summed E-state index contributed by atoms with van der Waals surface area (Å²) in [7, 11) is -9.47. The molecule has 0 saturated carbocycles. The Labute approximate surface area is 53.2 Å². The van der Waals surface area contributed by atoms with Crippen LogP contribution < -0.4 is 0 Å². The molecule has 0 rings (SSSR count). The normalized spacial score (nSPS) is 20.1. The zero-order valence-electron chi connectivity index (χ0n) is 4.44. The Morgan fingerprint density at radius 3 is 1.50 bits per heavy atom. The summed E-state index contributed by atoms with van der Waals surface area (Å²) < 4.78 is 55.8. The molecule has 0 radical (unpaired) electrons. The van der Waals surface area contributed by atoms with E-state index in [1.165, 1.54) is 0 Å². The molecule has 0 N–H and O–H groups in total. The van der Waals surface area contributed by atoms with Crippen molar-refractivity contribution in [1.82, 2.24) is 0 Å². The molecule has 0 aromatic carbocycles. The molecular formula is C3H3F5OS. The standard InChI is InChI=1S/C3H3F5OS/c4-10(5,6,7,8)3-1-2-9/h1-3H/b3-1+. The van der Waals surface area contributed by atoms with E-state index in [1.54, 1.807) is 0 Å². The van der Waals surface area contributed by atoms with Crippen molar-refractivity contribution >= 4 is 16.5 Å². The summed E-state index contributed by atoms with van der Waals surface area (Å²) >= 11 is 0. The predicted octanol–water partition coefficient (Wildman–Crippen LogP) is 3.00. The second-order valence-corrected chi connectivity index (χ2v) is 3.82. The molecule has 0 spiro atoms. The van der Waals surface area contributed by atoms with Gasteiger partial charge in [0, 0.05) is 0 Å². The Kier molecular flexibility index (Phi) is 1.43. The third-order valence-electron chi connectivity index (χ3n) is 0.414. The first-order valence-electron chi connectivity index (χ1n) is 1.91. The fourth-order valence-corrected chi connectivity index (χ4v) is 0.542. The Bertz CT molecular complexity index is 174. The molecule has 0 aromatic rings. The van der Waals surface area contributed by atoms with Crippen molar-refractivity contribution in [3.05, 3.63) is 11.5 Å². The van der Waals surface area contributed by atoms with Crippen LogP contribution in [0.5, 0.6) is 0 Å². The summed E-state index contributed by atoms with van der Waals surface area (Å²) in [6, 6.07) is 0. The summed E-state index contributed by atoms with van der Waals surface area (Å²) in [6.45, 7) is 0. The highest BCUT2D eigenvalue weighted by molar-refractivity contribution is 8.48. The number of rotatable bonds is 2. The molecule has 0 aliphatic rings. The van der Waals surface area contributed by atoms with Crippen molar-refractivity contribution in [3.8, 4) is 0 Å². The summed E-state index contributed by atoms with van der Waals surface area (Å²) in [6.07, 6.45) is -0.639. The lowest BCUT2D eigenvalue weighted by molar-refractivity contribution is -0.104. The topological polar surface area (TPSA) is 17.1 Å². The number of aldehydes is 1. The Morgan fingerprint density at radius 2 is 1.40 bits per heavy atom. The number of hydrogen-bond donors (Lipinski definition) is 0. The summed E-state index contributed by atoms with van der Waals surface area (Å²) in [4.78, 5) is 9.23. The van der Waals surface area contributed by atoms with Gasteiger partial charge in [0.05, 0.1) is 5.41 Å². The van der Waals surface area contributed by atoms with E-state index >= 15 is 0 Å². The minimum absolute atomic E-state index is 0.276. The molecule has 10 heavy (non-hydrogen) atoms. The Hall–Kier alpha value is -0.590. The molecule has 7 heteroatoms. The zero-order valence-corrected chi connectivity index (χ0v) is 5.25. The minimum atomic E-state index is -9.47. The summed E-state index contributed by atoms with van der Waals surface area (Å²) in [5, 5.41) is -1.30. The molecule has 0 saturated heterocycles. The monoisotopic (exact) mass is 182 g/mol. The second-order valence-electron chi connectivity index (χ2n) is 1.49. The smallest absolute Gasteiger partial charge is 0.299 e. The first-order valence-corrected chi connectivity index (χ1v) is 3.92. The van der Waals surface area contributed by atoms with Gasteiger partial charge in [-0.25, -0.2) is 0 Å². The lowest BCUT2D eigenvalue weighted by atomic mass is 10.7. The fraction of sp³-hybridized carbons (Fsp3) is 0. The SMILES string of the molecule is O=C/C=C/S(F)(F)(F)(F)F. The molecule has 0 unspecified atom stereocenters. The van der Waals surface area contributed by atoms with Gasteiger partial charge in [0.1, 0.15) is 6.29 Å². The van der Waals surface area contributed by atoms with E-state index in [9.17, 15) is 24.2 Å². The first-order chi connectivity index (χ1) is 4.04. The molecule has 0 aliphatic carbocycles. The lowest BCUT2D eigenvalue weighted by Crippen LogP contribution is -1.98. The molecule has 0 aromatic heterocycles. The van der Waals surface area contributed by atoms with Gasteiger partial charge in [-0.3, -0.25) is 4.79 Å². The molecule has 0 amide bonds. The van der Waals surface area contributed by atoms with Crippen molar-refractivity contribution in [3.63, 3.8) is 0 Å². The third kappa shape index (κ3) is 7.41. The van der Waals surface area contributed by atoms with Crippen LogP contribution >= 0.6 is 10.2 Å². The quantitative estimate of drug-likeness (QED) is 0.364. The van der Waals surface area contributed by atoms with Crippen molar-refractivity contribution < 1.29 is 24.2 Å². The van der Waals surface area contributed by atoms with Crippen LogP contribution in [0.1, 0.15) is 0 Å². The molecule has 0 fully saturated rings. The highest BCUT2D eigenvalue weighted by Crippen LogP contribution is 2.98. The number of carbonyl (C=O) groups is 1. The maximum atomic E-state index is 11.2. The van der Waals surface area contributed by atoms with E-state index in [4.69, 9.17) is 0 Å². The molecule has 0 aliphatic heterocycles. The second kappa shape index (κ2) is 1.52. The van der Waals surface area contributed by atoms with Gasteiger partial charge in [-0.15, -0.1) is 0 Å². The van der Waals surface area contributed by atoms with Crippen molar-refractivity contribution in [1.29, 1.82) is 0 Å². The minimum Gasteiger partial charge on any atom is -0.299 e. The maximum Gasteiger partial charge on any atom is 0.304 e. The van der Waals surface area contributed by atoms with E-state index < -0.39 is 15.6 Å². The third-order valence-corrected chi connectivity index (χ3v) is 1.09. The van der Waals surface area contributed by atoms with Gasteiger partial charge < -0.3 is 0 Å². The largest absolute Gasteiger partial charge is 0.304 e. The van der Waals surface area contributed by atoms with Gasteiger partial charge >= 0.3 is 10.2 Å². The number of carbonyl (C=O) groups excluding carboxylic acids is 1.